The van der Waals surface area contributed by atoms with Crippen LogP contribution in [0.3, 0.4) is 0 Å². The standard InChI is InChI=1S/C15H21N3O2S/c1-3-11-21(19,20)16-10-9-14-12-18(13(2)17-14)15-7-5-4-6-8-15/h4-8,12,16H,3,9-11H2,1-2H3. The summed E-state index contributed by atoms with van der Waals surface area (Å²) in [7, 11) is -3.14. The van der Waals surface area contributed by atoms with Crippen LogP contribution in [-0.2, 0) is 16.4 Å². The Kier molecular flexibility index (Phi) is 5.14. The van der Waals surface area contributed by atoms with Crippen molar-refractivity contribution >= 4 is 10.0 Å². The second-order valence-electron chi connectivity index (χ2n) is 4.95. The predicted molar refractivity (Wildman–Crippen MR) is 84.1 cm³/mol. The van der Waals surface area contributed by atoms with E-state index in [1.807, 2.05) is 54.9 Å². The maximum Gasteiger partial charge on any atom is 0.211 e. The summed E-state index contributed by atoms with van der Waals surface area (Å²) in [6.07, 6.45) is 3.17. The van der Waals surface area contributed by atoms with Crippen LogP contribution in [0.25, 0.3) is 5.69 Å². The van der Waals surface area contributed by atoms with Gasteiger partial charge in [0.15, 0.2) is 0 Å². The minimum absolute atomic E-state index is 0.171. The molecule has 0 aliphatic carbocycles. The van der Waals surface area contributed by atoms with Gasteiger partial charge < -0.3 is 4.57 Å². The van der Waals surface area contributed by atoms with Gasteiger partial charge in [-0.05, 0) is 25.5 Å². The van der Waals surface area contributed by atoms with E-state index in [2.05, 4.69) is 9.71 Å². The number of hydrogen-bond acceptors (Lipinski definition) is 3. The largest absolute Gasteiger partial charge is 0.304 e. The average Bonchev–Trinajstić information content (AvgIpc) is 2.80. The van der Waals surface area contributed by atoms with Crippen molar-refractivity contribution in [3.05, 3.63) is 48.0 Å². The highest BCUT2D eigenvalue weighted by Crippen LogP contribution is 2.12. The second kappa shape index (κ2) is 6.87. The van der Waals surface area contributed by atoms with E-state index in [-0.39, 0.29) is 5.75 Å². The van der Waals surface area contributed by atoms with Crippen LogP contribution >= 0.6 is 0 Å². The SMILES string of the molecule is CCCS(=O)(=O)NCCc1cn(-c2ccccc2)c(C)n1. The van der Waals surface area contributed by atoms with Gasteiger partial charge in [0.2, 0.25) is 10.0 Å². The van der Waals surface area contributed by atoms with E-state index < -0.39 is 10.0 Å². The summed E-state index contributed by atoms with van der Waals surface area (Å²) in [4.78, 5) is 4.48. The topological polar surface area (TPSA) is 64.0 Å². The van der Waals surface area contributed by atoms with Gasteiger partial charge in [0.25, 0.3) is 0 Å². The fourth-order valence-electron chi connectivity index (χ4n) is 2.18. The number of sulfonamides is 1. The first-order chi connectivity index (χ1) is 10.0. The number of para-hydroxylation sites is 1. The van der Waals surface area contributed by atoms with Gasteiger partial charge in [-0.3, -0.25) is 0 Å². The minimum Gasteiger partial charge on any atom is -0.304 e. The zero-order valence-corrected chi connectivity index (χ0v) is 13.2. The maximum atomic E-state index is 11.6. The number of benzene rings is 1. The average molecular weight is 307 g/mol. The summed E-state index contributed by atoms with van der Waals surface area (Å²) in [6, 6.07) is 9.96. The van der Waals surface area contributed by atoms with Crippen LogP contribution in [0.2, 0.25) is 0 Å². The molecule has 1 N–H and O–H groups in total. The molecule has 0 fully saturated rings. The molecule has 0 saturated heterocycles. The number of aryl methyl sites for hydroxylation is 1. The van der Waals surface area contributed by atoms with Gasteiger partial charge in [0.1, 0.15) is 5.82 Å². The Morgan fingerprint density at radius 2 is 1.95 bits per heavy atom. The van der Waals surface area contributed by atoms with Crippen molar-refractivity contribution in [3.63, 3.8) is 0 Å². The molecule has 0 radical (unpaired) electrons. The molecule has 0 saturated carbocycles. The van der Waals surface area contributed by atoms with Crippen LogP contribution in [0.5, 0.6) is 0 Å². The van der Waals surface area contributed by atoms with Crippen LogP contribution in [0.15, 0.2) is 36.5 Å². The van der Waals surface area contributed by atoms with E-state index in [1.165, 1.54) is 0 Å². The lowest BCUT2D eigenvalue weighted by Gasteiger charge is -2.04. The highest BCUT2D eigenvalue weighted by atomic mass is 32.2. The van der Waals surface area contributed by atoms with Crippen LogP contribution < -0.4 is 4.72 Å². The Morgan fingerprint density at radius 1 is 1.24 bits per heavy atom. The number of nitrogens with zero attached hydrogens (tertiary/aromatic N) is 2. The molecule has 0 spiro atoms. The Bertz CT molecular complexity index is 678. The Balaban J connectivity index is 2.00. The molecule has 0 bridgehead atoms. The lowest BCUT2D eigenvalue weighted by Crippen LogP contribution is -2.28. The molecule has 0 aliphatic rings. The first-order valence-electron chi connectivity index (χ1n) is 7.09. The fourth-order valence-corrected chi connectivity index (χ4v) is 3.27. The van der Waals surface area contributed by atoms with Crippen molar-refractivity contribution < 1.29 is 8.42 Å². The fraction of sp³-hybridized carbons (Fsp3) is 0.400. The van der Waals surface area contributed by atoms with Crippen molar-refractivity contribution in [1.29, 1.82) is 0 Å². The number of aromatic nitrogens is 2. The van der Waals surface area contributed by atoms with E-state index in [0.29, 0.717) is 19.4 Å². The van der Waals surface area contributed by atoms with E-state index in [0.717, 1.165) is 17.2 Å². The van der Waals surface area contributed by atoms with Crippen molar-refractivity contribution in [3.8, 4) is 5.69 Å². The van der Waals surface area contributed by atoms with E-state index >= 15 is 0 Å². The first-order valence-corrected chi connectivity index (χ1v) is 8.74. The van der Waals surface area contributed by atoms with Crippen LogP contribution in [0.1, 0.15) is 24.9 Å². The summed E-state index contributed by atoms with van der Waals surface area (Å²) in [5.74, 6) is 1.07. The molecule has 1 heterocycles. The monoisotopic (exact) mass is 307 g/mol. The molecule has 1 aromatic carbocycles. The second-order valence-corrected chi connectivity index (χ2v) is 6.87. The third-order valence-electron chi connectivity index (χ3n) is 3.14. The molecule has 2 aromatic rings. The van der Waals surface area contributed by atoms with Gasteiger partial charge >= 0.3 is 0 Å². The molecular weight excluding hydrogens is 286 g/mol. The third kappa shape index (κ3) is 4.41. The highest BCUT2D eigenvalue weighted by molar-refractivity contribution is 7.89. The lowest BCUT2D eigenvalue weighted by molar-refractivity contribution is 0.580. The van der Waals surface area contributed by atoms with Crippen molar-refractivity contribution in [2.24, 2.45) is 0 Å². The van der Waals surface area contributed by atoms with Gasteiger partial charge in [0.05, 0.1) is 11.4 Å². The number of imidazole rings is 1. The molecule has 21 heavy (non-hydrogen) atoms. The van der Waals surface area contributed by atoms with Crippen LogP contribution in [-0.4, -0.2) is 30.3 Å². The summed E-state index contributed by atoms with van der Waals surface area (Å²) in [5.41, 5.74) is 1.94. The zero-order valence-electron chi connectivity index (χ0n) is 12.4. The maximum absolute atomic E-state index is 11.6. The van der Waals surface area contributed by atoms with Crippen molar-refractivity contribution in [2.45, 2.75) is 26.7 Å². The minimum atomic E-state index is -3.14. The number of hydrogen-bond donors (Lipinski definition) is 1. The molecule has 0 aliphatic heterocycles. The smallest absolute Gasteiger partial charge is 0.211 e. The third-order valence-corrected chi connectivity index (χ3v) is 4.73. The molecule has 114 valence electrons. The van der Waals surface area contributed by atoms with Gasteiger partial charge in [0, 0.05) is 24.8 Å². The lowest BCUT2D eigenvalue weighted by atomic mass is 10.3. The predicted octanol–water partition coefficient (Wildman–Crippen LogP) is 2.05. The van der Waals surface area contributed by atoms with Gasteiger partial charge in [-0.25, -0.2) is 18.1 Å². The Hall–Kier alpha value is -1.66. The molecule has 0 atom stereocenters. The normalized spacial score (nSPS) is 11.7. The Labute approximate surface area is 126 Å². The molecule has 6 heteroatoms. The zero-order chi connectivity index (χ0) is 15.3. The molecule has 0 unspecified atom stereocenters. The summed E-state index contributed by atoms with van der Waals surface area (Å²) < 4.78 is 27.8. The van der Waals surface area contributed by atoms with E-state index in [9.17, 15) is 8.42 Å². The van der Waals surface area contributed by atoms with E-state index in [1.54, 1.807) is 0 Å². The van der Waals surface area contributed by atoms with Crippen molar-refractivity contribution in [2.75, 3.05) is 12.3 Å². The highest BCUT2D eigenvalue weighted by Gasteiger charge is 2.09. The van der Waals surface area contributed by atoms with E-state index in [4.69, 9.17) is 0 Å². The number of nitrogens with one attached hydrogen (secondary N) is 1. The number of rotatable bonds is 7. The molecule has 1 aromatic heterocycles. The quantitative estimate of drug-likeness (QED) is 0.851. The van der Waals surface area contributed by atoms with Gasteiger partial charge in [-0.2, -0.15) is 0 Å². The van der Waals surface area contributed by atoms with Crippen molar-refractivity contribution in [1.82, 2.24) is 14.3 Å². The molecule has 5 nitrogen and oxygen atoms in total. The molecule has 0 amide bonds. The van der Waals surface area contributed by atoms with Crippen LogP contribution in [0, 0.1) is 6.92 Å². The van der Waals surface area contributed by atoms with Gasteiger partial charge in [-0.1, -0.05) is 25.1 Å². The van der Waals surface area contributed by atoms with Gasteiger partial charge in [-0.15, -0.1) is 0 Å². The molecular formula is C15H21N3O2S. The Morgan fingerprint density at radius 3 is 2.62 bits per heavy atom. The first kappa shape index (κ1) is 15.7. The summed E-state index contributed by atoms with van der Waals surface area (Å²) >= 11 is 0. The summed E-state index contributed by atoms with van der Waals surface area (Å²) in [6.45, 7) is 4.18. The summed E-state index contributed by atoms with van der Waals surface area (Å²) in [5, 5.41) is 0. The van der Waals surface area contributed by atoms with Crippen LogP contribution in [0.4, 0.5) is 0 Å². The molecule has 2 rings (SSSR count).